The zero-order chi connectivity index (χ0) is 4.62. The van der Waals surface area contributed by atoms with E-state index in [1.807, 2.05) is 0 Å². The number of quaternary nitrogens is 1. The summed E-state index contributed by atoms with van der Waals surface area (Å²) in [5, 5.41) is 0. The summed E-state index contributed by atoms with van der Waals surface area (Å²) in [6.45, 7) is 2.78. The Hall–Kier alpha value is 0.250. The molecule has 0 atom stereocenters. The maximum Gasteiger partial charge on any atom is 0.0836 e. The third-order valence-electron chi connectivity index (χ3n) is 1.53. The summed E-state index contributed by atoms with van der Waals surface area (Å²) >= 11 is 0. The molecule has 0 amide bonds. The molecule has 7 heavy (non-hydrogen) atoms. The van der Waals surface area contributed by atoms with Crippen molar-refractivity contribution in [2.24, 2.45) is 0 Å². The Morgan fingerprint density at radius 3 is 1.43 bits per heavy atom. The van der Waals surface area contributed by atoms with Crippen molar-refractivity contribution in [3.8, 4) is 0 Å². The van der Waals surface area contributed by atoms with Crippen LogP contribution in [0.4, 0.5) is 0 Å². The fourth-order valence-corrected chi connectivity index (χ4v) is 0.791. The lowest BCUT2D eigenvalue weighted by Crippen LogP contribution is -3.00. The highest BCUT2D eigenvalue weighted by molar-refractivity contribution is 4.45. The maximum atomic E-state index is 2.27. The molecule has 0 N–H and O–H groups in total. The highest BCUT2D eigenvalue weighted by Gasteiger charge is 2.23. The summed E-state index contributed by atoms with van der Waals surface area (Å²) in [5.74, 6) is 0. The van der Waals surface area contributed by atoms with Gasteiger partial charge in [0, 0.05) is 6.42 Å². The molecule has 0 unspecified atom stereocenters. The molecule has 1 nitrogen and oxygen atoms in total. The molecule has 1 fully saturated rings. The number of halogens is 1. The van der Waals surface area contributed by atoms with Gasteiger partial charge in [-0.3, -0.25) is 0 Å². The number of nitrogens with zero attached hydrogens (tertiary/aromatic N) is 1. The molecule has 0 spiro atoms. The predicted molar refractivity (Wildman–Crippen MR) is 26.5 cm³/mol. The second-order valence-electron chi connectivity index (χ2n) is 2.74. The second kappa shape index (κ2) is 2.01. The summed E-state index contributed by atoms with van der Waals surface area (Å²) in [7, 11) is 4.53. The highest BCUT2D eigenvalue weighted by Crippen LogP contribution is 2.10. The quantitative estimate of drug-likeness (QED) is 0.310. The lowest BCUT2D eigenvalue weighted by molar-refractivity contribution is -0.927. The van der Waals surface area contributed by atoms with Crippen molar-refractivity contribution in [1.82, 2.24) is 0 Å². The second-order valence-corrected chi connectivity index (χ2v) is 2.74. The van der Waals surface area contributed by atoms with Gasteiger partial charge in [0.2, 0.25) is 0 Å². The van der Waals surface area contributed by atoms with E-state index in [2.05, 4.69) is 14.1 Å². The lowest BCUT2D eigenvalue weighted by atomic mass is 10.2. The van der Waals surface area contributed by atoms with Crippen molar-refractivity contribution in [3.63, 3.8) is 0 Å². The van der Waals surface area contributed by atoms with Crippen LogP contribution in [0.15, 0.2) is 0 Å². The third-order valence-corrected chi connectivity index (χ3v) is 1.53. The molecule has 0 radical (unpaired) electrons. The van der Waals surface area contributed by atoms with E-state index in [4.69, 9.17) is 0 Å². The number of rotatable bonds is 0. The van der Waals surface area contributed by atoms with Gasteiger partial charge in [0.05, 0.1) is 27.2 Å². The summed E-state index contributed by atoms with van der Waals surface area (Å²) in [4.78, 5) is 0. The van der Waals surface area contributed by atoms with Gasteiger partial charge in [0.25, 0.3) is 0 Å². The SMILES string of the molecule is C[N+]1(C)CCC1.[Cl-]. The minimum absolute atomic E-state index is 0. The van der Waals surface area contributed by atoms with Crippen LogP contribution in [0, 0.1) is 0 Å². The molecule has 2 heteroatoms. The highest BCUT2D eigenvalue weighted by atomic mass is 35.5. The molecule has 1 aliphatic rings. The van der Waals surface area contributed by atoms with Gasteiger partial charge in [0.1, 0.15) is 0 Å². The van der Waals surface area contributed by atoms with Crippen molar-refractivity contribution in [2.75, 3.05) is 27.2 Å². The fraction of sp³-hybridized carbons (Fsp3) is 1.00. The first-order valence-corrected chi connectivity index (χ1v) is 2.53. The average Bonchev–Trinajstić information content (AvgIpc) is 1.32. The van der Waals surface area contributed by atoms with Gasteiger partial charge in [-0.15, -0.1) is 0 Å². The van der Waals surface area contributed by atoms with E-state index in [0.717, 1.165) is 0 Å². The van der Waals surface area contributed by atoms with E-state index in [-0.39, 0.29) is 12.4 Å². The Balaban J connectivity index is 0.000000360. The molecule has 1 saturated heterocycles. The van der Waals surface area contributed by atoms with Crippen LogP contribution in [-0.4, -0.2) is 31.7 Å². The van der Waals surface area contributed by atoms with E-state index < -0.39 is 0 Å². The fourth-order valence-electron chi connectivity index (χ4n) is 0.791. The van der Waals surface area contributed by atoms with Gasteiger partial charge >= 0.3 is 0 Å². The van der Waals surface area contributed by atoms with E-state index in [9.17, 15) is 0 Å². The van der Waals surface area contributed by atoms with Gasteiger partial charge < -0.3 is 16.9 Å². The van der Waals surface area contributed by atoms with Crippen LogP contribution in [0.1, 0.15) is 6.42 Å². The van der Waals surface area contributed by atoms with E-state index in [0.29, 0.717) is 0 Å². The molecule has 1 heterocycles. The molecule has 0 bridgehead atoms. The smallest absolute Gasteiger partial charge is 0.0836 e. The Morgan fingerprint density at radius 2 is 1.43 bits per heavy atom. The lowest BCUT2D eigenvalue weighted by Gasteiger charge is -2.37. The largest absolute Gasteiger partial charge is 1.00 e. The summed E-state index contributed by atoms with van der Waals surface area (Å²) < 4.78 is 1.25. The minimum atomic E-state index is 0. The van der Waals surface area contributed by atoms with Crippen LogP contribution in [0.3, 0.4) is 0 Å². The third kappa shape index (κ3) is 1.66. The first kappa shape index (κ1) is 7.25. The monoisotopic (exact) mass is 121 g/mol. The summed E-state index contributed by atoms with van der Waals surface area (Å²) in [5.41, 5.74) is 0. The van der Waals surface area contributed by atoms with Crippen LogP contribution < -0.4 is 12.4 Å². The zero-order valence-corrected chi connectivity index (χ0v) is 5.70. The first-order valence-electron chi connectivity index (χ1n) is 2.53. The molecule has 44 valence electrons. The molecule has 1 rings (SSSR count). The van der Waals surface area contributed by atoms with Crippen LogP contribution in [0.25, 0.3) is 0 Å². The molecule has 0 aromatic rings. The van der Waals surface area contributed by atoms with Crippen molar-refractivity contribution in [3.05, 3.63) is 0 Å². The van der Waals surface area contributed by atoms with Gasteiger partial charge in [-0.2, -0.15) is 0 Å². The van der Waals surface area contributed by atoms with Crippen molar-refractivity contribution in [2.45, 2.75) is 6.42 Å². The molecule has 0 aromatic carbocycles. The van der Waals surface area contributed by atoms with Gasteiger partial charge in [-0.05, 0) is 0 Å². The van der Waals surface area contributed by atoms with Crippen LogP contribution in [0.5, 0.6) is 0 Å². The molecule has 0 saturated carbocycles. The zero-order valence-electron chi connectivity index (χ0n) is 4.95. The van der Waals surface area contributed by atoms with Crippen LogP contribution in [0.2, 0.25) is 0 Å². The van der Waals surface area contributed by atoms with E-state index >= 15 is 0 Å². The topological polar surface area (TPSA) is 0 Å². The number of hydrogen-bond acceptors (Lipinski definition) is 0. The van der Waals surface area contributed by atoms with Crippen molar-refractivity contribution < 1.29 is 16.9 Å². The van der Waals surface area contributed by atoms with Gasteiger partial charge in [-0.1, -0.05) is 0 Å². The number of hydrogen-bond donors (Lipinski definition) is 0. The molecule has 0 aromatic heterocycles. The van der Waals surface area contributed by atoms with Gasteiger partial charge in [-0.25, -0.2) is 0 Å². The average molecular weight is 122 g/mol. The standard InChI is InChI=1S/C5H12N.ClH/c1-6(2)4-3-5-6;/h3-5H2,1-2H3;1H/q+1;/p-1. The summed E-state index contributed by atoms with van der Waals surface area (Å²) in [6, 6.07) is 0. The maximum absolute atomic E-state index is 2.27. The summed E-state index contributed by atoms with van der Waals surface area (Å²) in [6.07, 6.45) is 1.44. The van der Waals surface area contributed by atoms with Crippen LogP contribution in [-0.2, 0) is 0 Å². The van der Waals surface area contributed by atoms with Crippen LogP contribution >= 0.6 is 0 Å². The molecular formula is C5H12ClN. The Labute approximate surface area is 51.3 Å². The Morgan fingerprint density at radius 1 is 1.14 bits per heavy atom. The van der Waals surface area contributed by atoms with Gasteiger partial charge in [0.15, 0.2) is 0 Å². The number of likely N-dealkylation sites (tertiary alicyclic amines) is 1. The predicted octanol–water partition coefficient (Wildman–Crippen LogP) is -2.53. The van der Waals surface area contributed by atoms with E-state index in [1.54, 1.807) is 0 Å². The first-order chi connectivity index (χ1) is 2.71. The molecule has 1 aliphatic heterocycles. The van der Waals surface area contributed by atoms with E-state index in [1.165, 1.54) is 24.0 Å². The Bertz CT molecular complexity index is 55.1. The minimum Gasteiger partial charge on any atom is -1.00 e. The van der Waals surface area contributed by atoms with Crippen molar-refractivity contribution >= 4 is 0 Å². The van der Waals surface area contributed by atoms with Crippen molar-refractivity contribution in [1.29, 1.82) is 0 Å². The Kier molecular flexibility index (Phi) is 2.09. The molecule has 0 aliphatic carbocycles. The normalized spacial score (nSPS) is 24.9. The molecular weight excluding hydrogens is 110 g/mol.